The molecule has 0 fully saturated rings. The third kappa shape index (κ3) is 140. The van der Waals surface area contributed by atoms with Crippen LogP contribution in [0.25, 0.3) is 0 Å². The average molecular weight is 495 g/mol. The molecule has 0 aliphatic carbocycles. The van der Waals surface area contributed by atoms with Crippen LogP contribution in [0.2, 0.25) is 0 Å². The Morgan fingerprint density at radius 1 is 0.500 bits per heavy atom. The third-order valence-corrected chi connectivity index (χ3v) is 1.54. The molecule has 3 N–H and O–H groups in total. The van der Waals surface area contributed by atoms with Crippen molar-refractivity contribution in [3.8, 4) is 0 Å². The van der Waals surface area contributed by atoms with Gasteiger partial charge in [-0.05, 0) is 19.3 Å². The SMILES string of the molecule is CCCCO.CCCCO.CCCCO.[Cl-].[Cl-].[Cl-].[Cl-].[Cl-].[Ti+4].[Ti]. The Labute approximate surface area is 198 Å². The van der Waals surface area contributed by atoms with E-state index in [-0.39, 0.29) is 105 Å². The van der Waals surface area contributed by atoms with Crippen LogP contribution in [0, 0.1) is 0 Å². The van der Waals surface area contributed by atoms with Crippen molar-refractivity contribution >= 4 is 0 Å². The molecule has 0 saturated carbocycles. The molecule has 0 atom stereocenters. The molecule has 0 radical (unpaired) electrons. The summed E-state index contributed by atoms with van der Waals surface area (Å²) < 4.78 is 0. The number of halogens is 5. The Morgan fingerprint density at radius 2 is 0.636 bits per heavy atom. The molecule has 140 valence electrons. The summed E-state index contributed by atoms with van der Waals surface area (Å²) in [6, 6.07) is 0. The van der Waals surface area contributed by atoms with Crippen molar-refractivity contribution < 1.29 is 121 Å². The molecule has 0 saturated heterocycles. The second kappa shape index (κ2) is 89.0. The summed E-state index contributed by atoms with van der Waals surface area (Å²) in [5.74, 6) is 0. The maximum atomic E-state index is 8.07. The largest absolute Gasteiger partial charge is 4.00 e. The second-order valence-electron chi connectivity index (χ2n) is 3.23. The average Bonchev–Trinajstić information content (AvgIpc) is 2.23. The van der Waals surface area contributed by atoms with Gasteiger partial charge in [-0.2, -0.15) is 0 Å². The molecule has 0 amide bonds. The fraction of sp³-hybridized carbons (Fsp3) is 1.00. The molecule has 0 unspecified atom stereocenters. The molecule has 0 heterocycles. The van der Waals surface area contributed by atoms with Crippen LogP contribution in [0.1, 0.15) is 59.3 Å². The van der Waals surface area contributed by atoms with Gasteiger partial charge in [-0.25, -0.2) is 0 Å². The summed E-state index contributed by atoms with van der Waals surface area (Å²) in [4.78, 5) is 0. The zero-order valence-corrected chi connectivity index (χ0v) is 20.5. The Morgan fingerprint density at radius 3 is 0.636 bits per heavy atom. The van der Waals surface area contributed by atoms with Gasteiger partial charge in [0.1, 0.15) is 0 Å². The monoisotopic (exact) mass is 493 g/mol. The molecule has 10 heteroatoms. The summed E-state index contributed by atoms with van der Waals surface area (Å²) in [6.07, 6.45) is 6.11. The van der Waals surface area contributed by atoms with Gasteiger partial charge in [0.2, 0.25) is 0 Å². The predicted molar refractivity (Wildman–Crippen MR) is 66.0 cm³/mol. The van der Waals surface area contributed by atoms with Crippen LogP contribution in [0.15, 0.2) is 0 Å². The molecule has 0 bridgehead atoms. The van der Waals surface area contributed by atoms with Crippen molar-refractivity contribution in [2.45, 2.75) is 59.3 Å². The van der Waals surface area contributed by atoms with Crippen molar-refractivity contribution in [1.29, 1.82) is 0 Å². The quantitative estimate of drug-likeness (QED) is 0.321. The summed E-state index contributed by atoms with van der Waals surface area (Å²) in [7, 11) is 0. The normalized spacial score (nSPS) is 5.73. The van der Waals surface area contributed by atoms with Gasteiger partial charge in [-0.3, -0.25) is 0 Å². The van der Waals surface area contributed by atoms with E-state index in [9.17, 15) is 0 Å². The van der Waals surface area contributed by atoms with Crippen molar-refractivity contribution in [1.82, 2.24) is 0 Å². The van der Waals surface area contributed by atoms with E-state index >= 15 is 0 Å². The minimum absolute atomic E-state index is 0. The van der Waals surface area contributed by atoms with Crippen molar-refractivity contribution in [3.63, 3.8) is 0 Å². The summed E-state index contributed by atoms with van der Waals surface area (Å²) in [5, 5.41) is 24.2. The van der Waals surface area contributed by atoms with E-state index in [4.69, 9.17) is 15.3 Å². The van der Waals surface area contributed by atoms with Gasteiger partial charge < -0.3 is 77.4 Å². The van der Waals surface area contributed by atoms with Gasteiger partial charge in [-0.15, -0.1) is 0 Å². The Bertz CT molecular complexity index is 73.5. The topological polar surface area (TPSA) is 60.7 Å². The zero-order valence-electron chi connectivity index (χ0n) is 13.6. The van der Waals surface area contributed by atoms with E-state index in [2.05, 4.69) is 20.8 Å². The Kier molecular flexibility index (Phi) is 260. The fourth-order valence-electron chi connectivity index (χ4n) is 0.474. The van der Waals surface area contributed by atoms with Crippen LogP contribution in [0.5, 0.6) is 0 Å². The number of hydrogen-bond donors (Lipinski definition) is 3. The number of rotatable bonds is 6. The van der Waals surface area contributed by atoms with Gasteiger partial charge in [0.15, 0.2) is 0 Å². The van der Waals surface area contributed by atoms with Gasteiger partial charge in [0, 0.05) is 41.5 Å². The predicted octanol–water partition coefficient (Wildman–Crippen LogP) is -12.6. The summed E-state index contributed by atoms with van der Waals surface area (Å²) in [6.45, 7) is 7.19. The number of aliphatic hydroxyl groups is 3. The molecule has 0 aromatic rings. The van der Waals surface area contributed by atoms with Crippen LogP contribution in [0.3, 0.4) is 0 Å². The summed E-state index contributed by atoms with van der Waals surface area (Å²) in [5.41, 5.74) is 0. The minimum Gasteiger partial charge on any atom is -1.00 e. The van der Waals surface area contributed by atoms with Crippen LogP contribution < -0.4 is 62.0 Å². The van der Waals surface area contributed by atoms with Crippen molar-refractivity contribution in [3.05, 3.63) is 0 Å². The van der Waals surface area contributed by atoms with Crippen LogP contribution in [0.4, 0.5) is 0 Å². The molecule has 0 aliphatic heterocycles. The molecule has 0 aromatic heterocycles. The standard InChI is InChI=1S/3C4H10O.5ClH.2Ti/c3*1-2-3-4-5;;;;;;;/h3*5H,2-4H2,1H3;5*1H;;/q;;;;;;;;;+4/p-5. The Balaban J connectivity index is -0.0000000106. The molecule has 0 aliphatic rings. The van der Waals surface area contributed by atoms with Gasteiger partial charge in [-0.1, -0.05) is 40.0 Å². The number of unbranched alkanes of at least 4 members (excludes halogenated alkanes) is 3. The van der Waals surface area contributed by atoms with Crippen LogP contribution >= 0.6 is 0 Å². The van der Waals surface area contributed by atoms with Gasteiger partial charge in [0.05, 0.1) is 0 Å². The minimum atomic E-state index is 0. The summed E-state index contributed by atoms with van der Waals surface area (Å²) >= 11 is 0. The van der Waals surface area contributed by atoms with Crippen molar-refractivity contribution in [2.24, 2.45) is 0 Å². The van der Waals surface area contributed by atoms with E-state index in [1.165, 1.54) is 0 Å². The van der Waals surface area contributed by atoms with Gasteiger partial charge >= 0.3 is 21.7 Å². The Hall–Kier alpha value is 2.76. The first kappa shape index (κ1) is 64.2. The molecular weight excluding hydrogens is 465 g/mol. The van der Waals surface area contributed by atoms with E-state index in [0.29, 0.717) is 19.8 Å². The maximum absolute atomic E-state index is 8.07. The van der Waals surface area contributed by atoms with Crippen molar-refractivity contribution in [2.75, 3.05) is 19.8 Å². The first-order valence-corrected chi connectivity index (χ1v) is 6.07. The molecule has 22 heavy (non-hydrogen) atoms. The first-order chi connectivity index (χ1) is 7.24. The molecular formula is C12H30Cl5O3Ti2-. The molecule has 0 spiro atoms. The van der Waals surface area contributed by atoms with Crippen LogP contribution in [-0.2, 0) is 43.4 Å². The zero-order chi connectivity index (χ0) is 12.4. The van der Waals surface area contributed by atoms with E-state index in [1.807, 2.05) is 0 Å². The van der Waals surface area contributed by atoms with E-state index in [1.54, 1.807) is 0 Å². The number of aliphatic hydroxyl groups excluding tert-OH is 3. The van der Waals surface area contributed by atoms with Crippen LogP contribution in [-0.4, -0.2) is 35.1 Å². The maximum Gasteiger partial charge on any atom is 4.00 e. The fourth-order valence-corrected chi connectivity index (χ4v) is 0.474. The van der Waals surface area contributed by atoms with Gasteiger partial charge in [0.25, 0.3) is 0 Å². The smallest absolute Gasteiger partial charge is 1.00 e. The molecule has 0 rings (SSSR count). The van der Waals surface area contributed by atoms with E-state index in [0.717, 1.165) is 38.5 Å². The third-order valence-electron chi connectivity index (χ3n) is 1.54. The van der Waals surface area contributed by atoms with E-state index < -0.39 is 0 Å². The molecule has 3 nitrogen and oxygen atoms in total. The molecule has 0 aromatic carbocycles. The number of hydrogen-bond acceptors (Lipinski definition) is 3. The first-order valence-electron chi connectivity index (χ1n) is 6.07. The second-order valence-corrected chi connectivity index (χ2v) is 3.23.